The zero-order chi connectivity index (χ0) is 32.3. The van der Waals surface area contributed by atoms with Gasteiger partial charge in [-0.25, -0.2) is 0 Å². The zero-order valence-corrected chi connectivity index (χ0v) is 26.7. The second-order valence-corrected chi connectivity index (χ2v) is 12.8. The lowest BCUT2D eigenvalue weighted by molar-refractivity contribution is 0.669. The third-order valence-electron chi connectivity index (χ3n) is 10.0. The molecule has 0 aliphatic carbocycles. The average Bonchev–Trinajstić information content (AvgIpc) is 3.55. The summed E-state index contributed by atoms with van der Waals surface area (Å²) in [4.78, 5) is 0. The van der Waals surface area contributed by atoms with Gasteiger partial charge in [-0.2, -0.15) is 0 Å². The summed E-state index contributed by atoms with van der Waals surface area (Å²) < 4.78 is 6.59. The number of hydrogen-bond donors (Lipinski definition) is 0. The summed E-state index contributed by atoms with van der Waals surface area (Å²) in [6.07, 6.45) is 0. The average molecular weight is 623 g/mol. The number of hydrogen-bond acceptors (Lipinski definition) is 1. The number of furan rings is 1. The van der Waals surface area contributed by atoms with Crippen LogP contribution in [-0.2, 0) is 0 Å². The summed E-state index contributed by atoms with van der Waals surface area (Å²) in [6.45, 7) is 0. The molecule has 0 aliphatic rings. The molecule has 0 N–H and O–H groups in total. The first-order valence-electron chi connectivity index (χ1n) is 16.8. The van der Waals surface area contributed by atoms with Crippen molar-refractivity contribution in [3.8, 4) is 44.5 Å². The van der Waals surface area contributed by atoms with Crippen LogP contribution in [0.2, 0.25) is 0 Å². The van der Waals surface area contributed by atoms with Gasteiger partial charge in [0.1, 0.15) is 11.2 Å². The lowest BCUT2D eigenvalue weighted by Gasteiger charge is -2.19. The topological polar surface area (TPSA) is 13.1 Å². The Labute approximate surface area is 284 Å². The van der Waals surface area contributed by atoms with E-state index < -0.39 is 0 Å². The van der Waals surface area contributed by atoms with Gasteiger partial charge < -0.3 is 4.42 Å². The van der Waals surface area contributed by atoms with Crippen molar-refractivity contribution >= 4 is 54.3 Å². The van der Waals surface area contributed by atoms with Crippen LogP contribution in [0.1, 0.15) is 0 Å². The minimum absolute atomic E-state index is 0.900. The number of fused-ring (bicyclic) bond motifs is 6. The molecule has 1 nitrogen and oxygen atoms in total. The van der Waals surface area contributed by atoms with Crippen molar-refractivity contribution in [1.82, 2.24) is 0 Å². The van der Waals surface area contributed by atoms with Gasteiger partial charge in [-0.1, -0.05) is 152 Å². The monoisotopic (exact) mass is 622 g/mol. The van der Waals surface area contributed by atoms with Crippen molar-refractivity contribution in [3.63, 3.8) is 0 Å². The molecule has 0 saturated carbocycles. The Morgan fingerprint density at radius 1 is 0.286 bits per heavy atom. The first-order valence-corrected chi connectivity index (χ1v) is 16.8. The Balaban J connectivity index is 1.28. The van der Waals surface area contributed by atoms with Crippen molar-refractivity contribution in [2.24, 2.45) is 0 Å². The molecule has 0 fully saturated rings. The summed E-state index contributed by atoms with van der Waals surface area (Å²) >= 11 is 0. The van der Waals surface area contributed by atoms with Crippen LogP contribution in [0.15, 0.2) is 186 Å². The van der Waals surface area contributed by atoms with Gasteiger partial charge in [0.05, 0.1) is 0 Å². The summed E-state index contributed by atoms with van der Waals surface area (Å²) in [6, 6.07) is 65.7. The Kier molecular flexibility index (Phi) is 6.25. The van der Waals surface area contributed by atoms with E-state index in [0.29, 0.717) is 0 Å². The van der Waals surface area contributed by atoms with E-state index in [9.17, 15) is 0 Å². The highest BCUT2D eigenvalue weighted by molar-refractivity contribution is 6.26. The summed E-state index contributed by atoms with van der Waals surface area (Å²) in [7, 11) is 0. The number of benzene rings is 9. The highest BCUT2D eigenvalue weighted by Crippen LogP contribution is 2.48. The molecule has 0 aliphatic heterocycles. The smallest absolute Gasteiger partial charge is 0.136 e. The molecule has 0 spiro atoms. The van der Waals surface area contributed by atoms with E-state index >= 15 is 0 Å². The van der Waals surface area contributed by atoms with Gasteiger partial charge in [-0.15, -0.1) is 0 Å². The minimum Gasteiger partial charge on any atom is -0.456 e. The lowest BCUT2D eigenvalue weighted by atomic mass is 9.83. The Hall–Kier alpha value is -6.44. The van der Waals surface area contributed by atoms with Gasteiger partial charge >= 0.3 is 0 Å². The predicted molar refractivity (Wildman–Crippen MR) is 208 cm³/mol. The van der Waals surface area contributed by atoms with Crippen LogP contribution < -0.4 is 0 Å². The van der Waals surface area contributed by atoms with E-state index in [0.717, 1.165) is 27.5 Å². The largest absolute Gasteiger partial charge is 0.456 e. The highest BCUT2D eigenvalue weighted by atomic mass is 16.3. The van der Waals surface area contributed by atoms with Crippen molar-refractivity contribution in [2.45, 2.75) is 0 Å². The third-order valence-corrected chi connectivity index (χ3v) is 10.0. The van der Waals surface area contributed by atoms with E-state index in [4.69, 9.17) is 4.42 Å². The molecule has 0 atom stereocenters. The molecule has 49 heavy (non-hydrogen) atoms. The molecule has 0 bridgehead atoms. The molecular formula is C48H30O. The normalized spacial score (nSPS) is 11.7. The standard InChI is InChI=1S/C48H30O/c1-3-14-31(15-4-1)33-26-27-41-45(30-33)49-44-25-13-24-42(48(41)44)47-39-22-11-9-20-37(39)46(38-21-10-12-23-40(38)47)35-28-34-18-7-8-19-36(34)43(29-35)32-16-5-2-6-17-32/h1-30H. The molecule has 1 heterocycles. The van der Waals surface area contributed by atoms with E-state index in [-0.39, 0.29) is 0 Å². The molecule has 10 aromatic rings. The van der Waals surface area contributed by atoms with Crippen molar-refractivity contribution in [1.29, 1.82) is 0 Å². The fourth-order valence-electron chi connectivity index (χ4n) is 7.89. The highest BCUT2D eigenvalue weighted by Gasteiger charge is 2.21. The van der Waals surface area contributed by atoms with Crippen LogP contribution in [0.5, 0.6) is 0 Å². The maximum atomic E-state index is 6.59. The summed E-state index contributed by atoms with van der Waals surface area (Å²) in [5.74, 6) is 0. The fraction of sp³-hybridized carbons (Fsp3) is 0. The third kappa shape index (κ3) is 4.40. The van der Waals surface area contributed by atoms with Crippen molar-refractivity contribution in [2.75, 3.05) is 0 Å². The minimum atomic E-state index is 0.900. The van der Waals surface area contributed by atoms with Crippen LogP contribution in [-0.4, -0.2) is 0 Å². The van der Waals surface area contributed by atoms with E-state index in [1.54, 1.807) is 0 Å². The molecule has 9 aromatic carbocycles. The SMILES string of the molecule is c1ccc(-c2ccc3c(c2)oc2cccc(-c4c5ccccc5c(-c5cc(-c6ccccc6)c6ccccc6c5)c5ccccc45)c23)cc1. The maximum absolute atomic E-state index is 6.59. The van der Waals surface area contributed by atoms with Gasteiger partial charge in [0, 0.05) is 10.8 Å². The van der Waals surface area contributed by atoms with Crippen LogP contribution in [0, 0.1) is 0 Å². The Morgan fingerprint density at radius 3 is 1.57 bits per heavy atom. The maximum Gasteiger partial charge on any atom is 0.136 e. The van der Waals surface area contributed by atoms with Crippen LogP contribution >= 0.6 is 0 Å². The molecular weight excluding hydrogens is 593 g/mol. The Morgan fingerprint density at radius 2 is 0.878 bits per heavy atom. The van der Waals surface area contributed by atoms with Gasteiger partial charge in [0.25, 0.3) is 0 Å². The second kappa shape index (κ2) is 11.1. The quantitative estimate of drug-likeness (QED) is 0.178. The molecule has 0 amide bonds. The van der Waals surface area contributed by atoms with E-state index in [2.05, 4.69) is 182 Å². The van der Waals surface area contributed by atoms with E-state index in [1.807, 2.05) is 0 Å². The van der Waals surface area contributed by atoms with Gasteiger partial charge in [0.15, 0.2) is 0 Å². The molecule has 0 radical (unpaired) electrons. The first kappa shape index (κ1) is 27.7. The summed E-state index contributed by atoms with van der Waals surface area (Å²) in [5.41, 5.74) is 11.5. The fourth-order valence-corrected chi connectivity index (χ4v) is 7.89. The summed E-state index contributed by atoms with van der Waals surface area (Å²) in [5, 5.41) is 9.71. The predicted octanol–water partition coefficient (Wildman–Crippen LogP) is 13.7. The first-order chi connectivity index (χ1) is 24.3. The van der Waals surface area contributed by atoms with Crippen LogP contribution in [0.4, 0.5) is 0 Å². The molecule has 0 unspecified atom stereocenters. The van der Waals surface area contributed by atoms with Gasteiger partial charge in [0.2, 0.25) is 0 Å². The molecule has 0 saturated heterocycles. The molecule has 10 rings (SSSR count). The van der Waals surface area contributed by atoms with Crippen molar-refractivity contribution < 1.29 is 4.42 Å². The molecule has 228 valence electrons. The molecule has 1 aromatic heterocycles. The molecule has 1 heteroatoms. The second-order valence-electron chi connectivity index (χ2n) is 12.8. The van der Waals surface area contributed by atoms with Crippen molar-refractivity contribution in [3.05, 3.63) is 182 Å². The van der Waals surface area contributed by atoms with Gasteiger partial charge in [-0.3, -0.25) is 0 Å². The zero-order valence-electron chi connectivity index (χ0n) is 26.7. The van der Waals surface area contributed by atoms with Crippen LogP contribution in [0.3, 0.4) is 0 Å². The number of rotatable bonds is 4. The Bertz CT molecular complexity index is 2800. The van der Waals surface area contributed by atoms with Gasteiger partial charge in [-0.05, 0) is 107 Å². The van der Waals surface area contributed by atoms with E-state index in [1.165, 1.54) is 71.3 Å². The lowest BCUT2D eigenvalue weighted by Crippen LogP contribution is -1.92. The van der Waals surface area contributed by atoms with Crippen LogP contribution in [0.25, 0.3) is 98.8 Å².